The van der Waals surface area contributed by atoms with Crippen LogP contribution in [-0.2, 0) is 0 Å². The molecular weight excluding hydrogens is 179 g/mol. The van der Waals surface area contributed by atoms with Crippen molar-refractivity contribution in [1.29, 1.82) is 0 Å². The summed E-state index contributed by atoms with van der Waals surface area (Å²) in [5, 5.41) is 0. The molecule has 0 aliphatic carbocycles. The zero-order chi connectivity index (χ0) is 4.83. The van der Waals surface area contributed by atoms with Crippen LogP contribution in [0, 0.1) is 0 Å². The van der Waals surface area contributed by atoms with Gasteiger partial charge in [-0.05, 0) is 0 Å². The molecule has 36 valence electrons. The van der Waals surface area contributed by atoms with Gasteiger partial charge in [-0.15, -0.1) is 0 Å². The second-order valence-corrected chi connectivity index (χ2v) is 6.23. The molecule has 0 rings (SSSR count). The summed E-state index contributed by atoms with van der Waals surface area (Å²) in [7, 11) is 0. The van der Waals surface area contributed by atoms with E-state index in [-0.39, 0.29) is 21.1 Å². The van der Waals surface area contributed by atoms with Crippen LogP contribution in [0.25, 0.3) is 0 Å². The monoisotopic (exact) mass is 192 g/mol. The van der Waals surface area contributed by atoms with E-state index in [0.29, 0.717) is 0 Å². The second-order valence-electron chi connectivity index (χ2n) is 1.35. The normalized spacial score (nSPS) is 9.00. The summed E-state index contributed by atoms with van der Waals surface area (Å²) >= 11 is 0.200. The molecule has 0 nitrogen and oxygen atoms in total. The van der Waals surface area contributed by atoms with Crippen molar-refractivity contribution in [2.45, 2.75) is 29.1 Å². The van der Waals surface area contributed by atoms with Gasteiger partial charge < -0.3 is 0 Å². The Kier molecular flexibility index (Phi) is 6.57. The van der Waals surface area contributed by atoms with Crippen molar-refractivity contribution in [3.05, 3.63) is 0 Å². The Morgan fingerprint density at radius 3 is 2.17 bits per heavy atom. The predicted molar refractivity (Wildman–Crippen MR) is 31.3 cm³/mol. The third-order valence-electron chi connectivity index (χ3n) is 0.677. The van der Waals surface area contributed by atoms with Crippen molar-refractivity contribution in [3.8, 4) is 0 Å². The van der Waals surface area contributed by atoms with E-state index in [1.165, 1.54) is 10.9 Å². The van der Waals surface area contributed by atoms with Crippen molar-refractivity contribution in [2.24, 2.45) is 0 Å². The summed E-state index contributed by atoms with van der Waals surface area (Å²) in [5.74, 6) is 0. The topological polar surface area (TPSA) is 0 Å². The van der Waals surface area contributed by atoms with Crippen LogP contribution in [0.15, 0.2) is 0 Å². The summed E-state index contributed by atoms with van der Waals surface area (Å²) in [6.07, 6.45) is 1.43. The Hall–Kier alpha value is 0.799. The Bertz CT molecular complexity index is 15.9. The second kappa shape index (κ2) is 5.80. The molecule has 0 atom stereocenters. The van der Waals surface area contributed by atoms with Gasteiger partial charge >= 0.3 is 50.3 Å². The SMILES string of the molecule is CC[CH2][Sn][CH2]C. The van der Waals surface area contributed by atoms with Crippen LogP contribution in [0.4, 0.5) is 0 Å². The molecule has 0 bridgehead atoms. The van der Waals surface area contributed by atoms with Crippen LogP contribution in [-0.4, -0.2) is 21.1 Å². The molecule has 0 N–H and O–H groups in total. The first-order valence-electron chi connectivity index (χ1n) is 2.62. The van der Waals surface area contributed by atoms with E-state index < -0.39 is 0 Å². The van der Waals surface area contributed by atoms with Crippen molar-refractivity contribution >= 4 is 21.1 Å². The minimum absolute atomic E-state index is 0.200. The van der Waals surface area contributed by atoms with Crippen LogP contribution in [0.1, 0.15) is 20.3 Å². The number of hydrogen-bond acceptors (Lipinski definition) is 0. The van der Waals surface area contributed by atoms with Crippen molar-refractivity contribution < 1.29 is 0 Å². The molecular formula is C5H12Sn. The Labute approximate surface area is 50.5 Å². The Morgan fingerprint density at radius 2 is 2.00 bits per heavy atom. The fourth-order valence-electron chi connectivity index (χ4n) is 0.354. The maximum absolute atomic E-state index is 2.31. The van der Waals surface area contributed by atoms with E-state index in [4.69, 9.17) is 0 Å². The number of hydrogen-bond donors (Lipinski definition) is 0. The summed E-state index contributed by atoms with van der Waals surface area (Å²) in [6, 6.07) is 0. The summed E-state index contributed by atoms with van der Waals surface area (Å²) in [6.45, 7) is 4.58. The molecule has 0 heterocycles. The quantitative estimate of drug-likeness (QED) is 0.472. The maximum atomic E-state index is 2.31. The van der Waals surface area contributed by atoms with Gasteiger partial charge in [0.25, 0.3) is 0 Å². The molecule has 0 aromatic heterocycles. The Balaban J connectivity index is 2.34. The predicted octanol–water partition coefficient (Wildman–Crippen LogP) is 1.96. The van der Waals surface area contributed by atoms with Crippen molar-refractivity contribution in [3.63, 3.8) is 0 Å². The first-order valence-corrected chi connectivity index (χ1v) is 6.66. The van der Waals surface area contributed by atoms with Crippen molar-refractivity contribution in [2.75, 3.05) is 0 Å². The van der Waals surface area contributed by atoms with E-state index in [0.717, 1.165) is 0 Å². The fourth-order valence-corrected chi connectivity index (χ4v) is 2.37. The molecule has 0 spiro atoms. The van der Waals surface area contributed by atoms with Gasteiger partial charge in [0.1, 0.15) is 0 Å². The molecule has 0 aromatic rings. The molecule has 0 aromatic carbocycles. The van der Waals surface area contributed by atoms with Gasteiger partial charge in [0.15, 0.2) is 0 Å². The molecule has 2 radical (unpaired) electrons. The molecule has 0 aliphatic heterocycles. The van der Waals surface area contributed by atoms with E-state index >= 15 is 0 Å². The summed E-state index contributed by atoms with van der Waals surface area (Å²) in [5.41, 5.74) is 0. The third kappa shape index (κ3) is 4.80. The van der Waals surface area contributed by atoms with Gasteiger partial charge in [0, 0.05) is 0 Å². The minimum atomic E-state index is 0.200. The van der Waals surface area contributed by atoms with Crippen LogP contribution in [0.5, 0.6) is 0 Å². The van der Waals surface area contributed by atoms with E-state index in [2.05, 4.69) is 13.8 Å². The standard InChI is InChI=1S/C3H7.C2H5.Sn/c1-3-2;1-2;/h1,3H2,2H3;1H2,2H3;. The molecule has 0 saturated heterocycles. The average molecular weight is 191 g/mol. The van der Waals surface area contributed by atoms with Gasteiger partial charge in [-0.2, -0.15) is 0 Å². The summed E-state index contributed by atoms with van der Waals surface area (Å²) < 4.78 is 3.11. The van der Waals surface area contributed by atoms with E-state index in [1.807, 2.05) is 0 Å². The van der Waals surface area contributed by atoms with Gasteiger partial charge in [0.05, 0.1) is 0 Å². The molecule has 0 fully saturated rings. The third-order valence-corrected chi connectivity index (χ3v) is 4.54. The van der Waals surface area contributed by atoms with Gasteiger partial charge in [-0.1, -0.05) is 0 Å². The molecule has 0 amide bonds. The van der Waals surface area contributed by atoms with Crippen LogP contribution in [0.3, 0.4) is 0 Å². The first-order chi connectivity index (χ1) is 2.91. The fraction of sp³-hybridized carbons (Fsp3) is 1.00. The first kappa shape index (κ1) is 6.80. The van der Waals surface area contributed by atoms with Crippen LogP contribution in [0.2, 0.25) is 8.87 Å². The average Bonchev–Trinajstić information content (AvgIpc) is 1.61. The molecule has 1 heteroatoms. The van der Waals surface area contributed by atoms with Crippen molar-refractivity contribution in [1.82, 2.24) is 0 Å². The van der Waals surface area contributed by atoms with Crippen LogP contribution >= 0.6 is 0 Å². The molecule has 6 heavy (non-hydrogen) atoms. The molecule has 0 aliphatic rings. The van der Waals surface area contributed by atoms with Gasteiger partial charge in [0.2, 0.25) is 0 Å². The van der Waals surface area contributed by atoms with Crippen LogP contribution < -0.4 is 0 Å². The van der Waals surface area contributed by atoms with E-state index in [9.17, 15) is 0 Å². The number of rotatable bonds is 3. The van der Waals surface area contributed by atoms with Gasteiger partial charge in [-0.3, -0.25) is 0 Å². The van der Waals surface area contributed by atoms with Gasteiger partial charge in [-0.25, -0.2) is 0 Å². The molecule has 0 saturated carbocycles. The zero-order valence-corrected chi connectivity index (χ0v) is 7.48. The van der Waals surface area contributed by atoms with E-state index in [1.54, 1.807) is 4.44 Å². The Morgan fingerprint density at radius 1 is 1.33 bits per heavy atom. The molecule has 0 unspecified atom stereocenters. The summed E-state index contributed by atoms with van der Waals surface area (Å²) in [4.78, 5) is 0. The zero-order valence-electron chi connectivity index (χ0n) is 4.62.